The van der Waals surface area contributed by atoms with Crippen molar-refractivity contribution in [2.45, 2.75) is 40.0 Å². The maximum absolute atomic E-state index is 2.66. The van der Waals surface area contributed by atoms with Gasteiger partial charge in [0.2, 0.25) is 0 Å². The van der Waals surface area contributed by atoms with Gasteiger partial charge in [-0.3, -0.25) is 0 Å². The lowest BCUT2D eigenvalue weighted by Gasteiger charge is -2.34. The molecule has 2 fully saturated rings. The lowest BCUT2D eigenvalue weighted by atomic mass is 10.0. The van der Waals surface area contributed by atoms with Crippen molar-refractivity contribution in [2.75, 3.05) is 39.8 Å². The fourth-order valence-electron chi connectivity index (χ4n) is 2.28. The molecule has 0 aromatic heterocycles. The van der Waals surface area contributed by atoms with Crippen LogP contribution in [0.2, 0.25) is 0 Å². The maximum Gasteiger partial charge on any atom is 0.0110 e. The topological polar surface area (TPSA) is 6.48 Å². The second-order valence-corrected chi connectivity index (χ2v) is 4.93. The monoisotopic (exact) mass is 212 g/mol. The second-order valence-electron chi connectivity index (χ2n) is 4.93. The number of hydrogen-bond acceptors (Lipinski definition) is 2. The van der Waals surface area contributed by atoms with Crippen LogP contribution in [0.15, 0.2) is 0 Å². The van der Waals surface area contributed by atoms with Crippen molar-refractivity contribution >= 4 is 0 Å². The number of nitrogens with zero attached hydrogens (tertiary/aromatic N) is 2. The Morgan fingerprint density at radius 1 is 1.00 bits per heavy atom. The van der Waals surface area contributed by atoms with Crippen molar-refractivity contribution in [1.29, 1.82) is 0 Å². The van der Waals surface area contributed by atoms with Gasteiger partial charge in [-0.25, -0.2) is 0 Å². The maximum atomic E-state index is 2.66. The van der Waals surface area contributed by atoms with Gasteiger partial charge in [0.1, 0.15) is 0 Å². The van der Waals surface area contributed by atoms with Crippen LogP contribution in [-0.4, -0.2) is 49.6 Å². The Morgan fingerprint density at radius 2 is 1.53 bits per heavy atom. The van der Waals surface area contributed by atoms with Crippen molar-refractivity contribution in [3.63, 3.8) is 0 Å². The number of rotatable bonds is 3. The predicted octanol–water partition coefficient (Wildman–Crippen LogP) is 2.45. The van der Waals surface area contributed by atoms with Crippen molar-refractivity contribution in [1.82, 2.24) is 9.80 Å². The molecular formula is C13H28N2. The van der Waals surface area contributed by atoms with Gasteiger partial charge in [0, 0.05) is 32.7 Å². The largest absolute Gasteiger partial charge is 0.304 e. The van der Waals surface area contributed by atoms with Gasteiger partial charge in [0.15, 0.2) is 0 Å². The average Bonchev–Trinajstić information content (AvgIpc) is 3.05. The van der Waals surface area contributed by atoms with Crippen molar-refractivity contribution in [3.8, 4) is 0 Å². The van der Waals surface area contributed by atoms with Crippen LogP contribution in [0.1, 0.15) is 40.0 Å². The summed E-state index contributed by atoms with van der Waals surface area (Å²) in [5.41, 5.74) is 0.746. The molecule has 0 amide bonds. The summed E-state index contributed by atoms with van der Waals surface area (Å²) in [6.07, 6.45) is 4.35. The van der Waals surface area contributed by atoms with Gasteiger partial charge in [-0.15, -0.1) is 0 Å². The Hall–Kier alpha value is -0.0800. The van der Waals surface area contributed by atoms with E-state index in [1.807, 2.05) is 13.8 Å². The van der Waals surface area contributed by atoms with Crippen LogP contribution in [0.4, 0.5) is 0 Å². The molecule has 1 saturated carbocycles. The summed E-state index contributed by atoms with van der Waals surface area (Å²) < 4.78 is 0. The third kappa shape index (κ3) is 3.76. The lowest BCUT2D eigenvalue weighted by molar-refractivity contribution is 0.129. The van der Waals surface area contributed by atoms with E-state index in [2.05, 4.69) is 23.8 Å². The van der Waals surface area contributed by atoms with E-state index >= 15 is 0 Å². The molecule has 2 heteroatoms. The summed E-state index contributed by atoms with van der Waals surface area (Å²) >= 11 is 0. The molecule has 0 atom stereocenters. The summed E-state index contributed by atoms with van der Waals surface area (Å²) in [4.78, 5) is 5.10. The Balaban J connectivity index is 0.000000531. The van der Waals surface area contributed by atoms with Crippen LogP contribution in [0.25, 0.3) is 0 Å². The SMILES string of the molecule is CC.CCC1(CN2CCN(C)CC2)CC1. The predicted molar refractivity (Wildman–Crippen MR) is 67.2 cm³/mol. The molecule has 1 heterocycles. The molecule has 15 heavy (non-hydrogen) atoms. The highest BCUT2D eigenvalue weighted by Gasteiger charge is 2.41. The van der Waals surface area contributed by atoms with Gasteiger partial charge in [0.05, 0.1) is 0 Å². The van der Waals surface area contributed by atoms with Gasteiger partial charge in [-0.05, 0) is 31.7 Å². The molecule has 2 nitrogen and oxygen atoms in total. The Morgan fingerprint density at radius 3 is 1.93 bits per heavy atom. The van der Waals surface area contributed by atoms with E-state index in [9.17, 15) is 0 Å². The zero-order valence-electron chi connectivity index (χ0n) is 11.1. The van der Waals surface area contributed by atoms with Gasteiger partial charge < -0.3 is 9.80 Å². The molecule has 0 aromatic rings. The lowest BCUT2D eigenvalue weighted by Crippen LogP contribution is -2.46. The Labute approximate surface area is 95.6 Å². The molecular weight excluding hydrogens is 184 g/mol. The fourth-order valence-corrected chi connectivity index (χ4v) is 2.28. The molecule has 0 spiro atoms. The van der Waals surface area contributed by atoms with Gasteiger partial charge in [-0.1, -0.05) is 20.8 Å². The van der Waals surface area contributed by atoms with Crippen molar-refractivity contribution < 1.29 is 0 Å². The van der Waals surface area contributed by atoms with E-state index in [0.29, 0.717) is 0 Å². The highest BCUT2D eigenvalue weighted by Crippen LogP contribution is 2.49. The fraction of sp³-hybridized carbons (Fsp3) is 1.00. The third-order valence-electron chi connectivity index (χ3n) is 3.86. The van der Waals surface area contributed by atoms with Crippen LogP contribution < -0.4 is 0 Å². The molecule has 0 aromatic carbocycles. The molecule has 2 rings (SSSR count). The number of likely N-dealkylation sites (N-methyl/N-ethyl adjacent to an activating group) is 1. The molecule has 0 unspecified atom stereocenters. The van der Waals surface area contributed by atoms with Gasteiger partial charge in [-0.2, -0.15) is 0 Å². The van der Waals surface area contributed by atoms with Crippen LogP contribution in [0.5, 0.6) is 0 Å². The van der Waals surface area contributed by atoms with Gasteiger partial charge >= 0.3 is 0 Å². The smallest absolute Gasteiger partial charge is 0.0110 e. The van der Waals surface area contributed by atoms with Crippen molar-refractivity contribution in [3.05, 3.63) is 0 Å². The standard InChI is InChI=1S/C11H22N2.C2H6/c1-3-11(4-5-11)10-13-8-6-12(2)7-9-13;1-2/h3-10H2,1-2H3;1-2H3. The minimum absolute atomic E-state index is 0.746. The Bertz CT molecular complexity index is 167. The van der Waals surface area contributed by atoms with Crippen LogP contribution in [0.3, 0.4) is 0 Å². The average molecular weight is 212 g/mol. The first-order chi connectivity index (χ1) is 7.24. The van der Waals surface area contributed by atoms with Gasteiger partial charge in [0.25, 0.3) is 0 Å². The molecule has 2 aliphatic rings. The summed E-state index contributed by atoms with van der Waals surface area (Å²) in [6, 6.07) is 0. The normalized spacial score (nSPS) is 25.6. The first kappa shape index (κ1) is 13.0. The molecule has 90 valence electrons. The van der Waals surface area contributed by atoms with E-state index in [4.69, 9.17) is 0 Å². The number of piperazine rings is 1. The molecule has 0 bridgehead atoms. The van der Waals surface area contributed by atoms with E-state index < -0.39 is 0 Å². The van der Waals surface area contributed by atoms with E-state index in [-0.39, 0.29) is 0 Å². The first-order valence-electron chi connectivity index (χ1n) is 6.65. The first-order valence-corrected chi connectivity index (χ1v) is 6.65. The minimum Gasteiger partial charge on any atom is -0.304 e. The number of hydrogen-bond donors (Lipinski definition) is 0. The quantitative estimate of drug-likeness (QED) is 0.709. The molecule has 1 aliphatic heterocycles. The summed E-state index contributed by atoms with van der Waals surface area (Å²) in [7, 11) is 2.23. The van der Waals surface area contributed by atoms with E-state index in [1.54, 1.807) is 0 Å². The highest BCUT2D eigenvalue weighted by atomic mass is 15.2. The van der Waals surface area contributed by atoms with Crippen LogP contribution >= 0.6 is 0 Å². The van der Waals surface area contributed by atoms with Crippen LogP contribution in [0, 0.1) is 5.41 Å². The third-order valence-corrected chi connectivity index (χ3v) is 3.86. The zero-order valence-corrected chi connectivity index (χ0v) is 11.1. The molecule has 0 N–H and O–H groups in total. The summed E-state index contributed by atoms with van der Waals surface area (Å²) in [5, 5.41) is 0. The summed E-state index contributed by atoms with van der Waals surface area (Å²) in [5.74, 6) is 0. The van der Waals surface area contributed by atoms with Crippen LogP contribution in [-0.2, 0) is 0 Å². The summed E-state index contributed by atoms with van der Waals surface area (Å²) in [6.45, 7) is 12.8. The molecule has 1 aliphatic carbocycles. The van der Waals surface area contributed by atoms with Crippen molar-refractivity contribution in [2.24, 2.45) is 5.41 Å². The van der Waals surface area contributed by atoms with E-state index in [0.717, 1.165) is 5.41 Å². The second kappa shape index (κ2) is 5.86. The zero-order chi connectivity index (χ0) is 11.3. The van der Waals surface area contributed by atoms with E-state index in [1.165, 1.54) is 52.0 Å². The Kier molecular flexibility index (Phi) is 5.07. The highest BCUT2D eigenvalue weighted by molar-refractivity contribution is 4.94. The molecule has 1 saturated heterocycles. The minimum atomic E-state index is 0.746. The molecule has 0 radical (unpaired) electrons.